The second-order valence-corrected chi connectivity index (χ2v) is 6.64. The van der Waals surface area contributed by atoms with E-state index in [0.717, 1.165) is 15.8 Å². The number of nitrogens with zero attached hydrogens (tertiary/aromatic N) is 1. The molecule has 1 atom stereocenters. The number of amides is 1. The van der Waals surface area contributed by atoms with Crippen LogP contribution in [0, 0.1) is 6.92 Å². The van der Waals surface area contributed by atoms with Gasteiger partial charge in [-0.25, -0.2) is 0 Å². The van der Waals surface area contributed by atoms with Gasteiger partial charge >= 0.3 is 0 Å². The van der Waals surface area contributed by atoms with E-state index in [0.29, 0.717) is 5.39 Å². The van der Waals surface area contributed by atoms with Crippen LogP contribution in [0.1, 0.15) is 24.1 Å². The van der Waals surface area contributed by atoms with E-state index in [2.05, 4.69) is 5.32 Å². The van der Waals surface area contributed by atoms with Crippen molar-refractivity contribution in [3.8, 4) is 0 Å². The summed E-state index contributed by atoms with van der Waals surface area (Å²) in [6, 6.07) is 15.3. The summed E-state index contributed by atoms with van der Waals surface area (Å²) in [4.78, 5) is 24.5. The van der Waals surface area contributed by atoms with Crippen LogP contribution < -0.4 is 10.9 Å². The molecule has 1 amide bonds. The van der Waals surface area contributed by atoms with Crippen LogP contribution in [-0.4, -0.2) is 9.86 Å². The fourth-order valence-corrected chi connectivity index (χ4v) is 3.68. The van der Waals surface area contributed by atoms with Gasteiger partial charge < -0.3 is 5.32 Å². The average molecular weight is 326 g/mol. The summed E-state index contributed by atoms with van der Waals surface area (Å²) in [7, 11) is 0. The summed E-state index contributed by atoms with van der Waals surface area (Å²) >= 11 is 1.32. The monoisotopic (exact) mass is 326 g/mol. The van der Waals surface area contributed by atoms with Gasteiger partial charge in [0, 0.05) is 0 Å². The highest BCUT2D eigenvalue weighted by Crippen LogP contribution is 2.18. The number of fused-ring (bicyclic) bond motifs is 1. The van der Waals surface area contributed by atoms with Crippen molar-refractivity contribution in [2.24, 2.45) is 0 Å². The molecule has 0 fully saturated rings. The summed E-state index contributed by atoms with van der Waals surface area (Å²) in [6.45, 7) is 4.02. The zero-order valence-corrected chi connectivity index (χ0v) is 13.9. The molecule has 2 aromatic carbocycles. The molecular formula is C18H18N2O2S. The Kier molecular flexibility index (Phi) is 4.30. The molecule has 118 valence electrons. The van der Waals surface area contributed by atoms with Crippen LogP contribution in [0.25, 0.3) is 10.1 Å². The third-order valence-electron chi connectivity index (χ3n) is 3.87. The third kappa shape index (κ3) is 3.19. The van der Waals surface area contributed by atoms with Crippen molar-refractivity contribution in [2.45, 2.75) is 26.4 Å². The minimum absolute atomic E-state index is 0.0500. The van der Waals surface area contributed by atoms with E-state index in [1.54, 1.807) is 6.07 Å². The largest absolute Gasteiger partial charge is 0.348 e. The first-order valence-electron chi connectivity index (χ1n) is 7.50. The lowest BCUT2D eigenvalue weighted by atomic mass is 10.0. The van der Waals surface area contributed by atoms with Crippen LogP contribution >= 0.6 is 11.5 Å². The molecule has 1 N–H and O–H groups in total. The second-order valence-electron chi connectivity index (χ2n) is 5.58. The first-order valence-corrected chi connectivity index (χ1v) is 8.27. The van der Waals surface area contributed by atoms with Gasteiger partial charge in [-0.2, -0.15) is 0 Å². The van der Waals surface area contributed by atoms with Crippen LogP contribution in [-0.2, 0) is 11.3 Å². The fourth-order valence-electron chi connectivity index (χ4n) is 2.69. The number of hydrogen-bond acceptors (Lipinski definition) is 3. The normalized spacial score (nSPS) is 12.3. The topological polar surface area (TPSA) is 51.1 Å². The summed E-state index contributed by atoms with van der Waals surface area (Å²) in [5, 5.41) is 3.63. The van der Waals surface area contributed by atoms with E-state index in [-0.39, 0.29) is 24.1 Å². The minimum atomic E-state index is -0.158. The van der Waals surface area contributed by atoms with Crippen LogP contribution in [0.3, 0.4) is 0 Å². The Hall–Kier alpha value is -2.40. The summed E-state index contributed by atoms with van der Waals surface area (Å²) in [5.41, 5.74) is 2.12. The molecule has 0 saturated carbocycles. The Balaban J connectivity index is 1.75. The minimum Gasteiger partial charge on any atom is -0.348 e. The van der Waals surface area contributed by atoms with Gasteiger partial charge in [0.25, 0.3) is 5.56 Å². The second kappa shape index (κ2) is 6.38. The Morgan fingerprint density at radius 3 is 2.61 bits per heavy atom. The van der Waals surface area contributed by atoms with Crippen LogP contribution in [0.5, 0.6) is 0 Å². The zero-order valence-electron chi connectivity index (χ0n) is 13.1. The molecule has 0 spiro atoms. The summed E-state index contributed by atoms with van der Waals surface area (Å²) in [5.74, 6) is -0.158. The van der Waals surface area contributed by atoms with Gasteiger partial charge in [-0.3, -0.25) is 13.5 Å². The maximum Gasteiger partial charge on any atom is 0.268 e. The van der Waals surface area contributed by atoms with Gasteiger partial charge in [0.15, 0.2) is 0 Å². The predicted octanol–water partition coefficient (Wildman–Crippen LogP) is 3.25. The molecule has 23 heavy (non-hydrogen) atoms. The molecule has 3 aromatic rings. The zero-order chi connectivity index (χ0) is 16.4. The van der Waals surface area contributed by atoms with E-state index in [1.165, 1.54) is 15.5 Å². The molecular weight excluding hydrogens is 308 g/mol. The Labute approximate surface area is 138 Å². The fraction of sp³-hybridized carbons (Fsp3) is 0.222. The molecule has 4 nitrogen and oxygen atoms in total. The first-order chi connectivity index (χ1) is 11.1. The number of carbonyl (C=O) groups is 1. The van der Waals surface area contributed by atoms with Gasteiger partial charge in [0.1, 0.15) is 6.54 Å². The molecule has 0 aliphatic heterocycles. The third-order valence-corrected chi connectivity index (χ3v) is 4.94. The Morgan fingerprint density at radius 2 is 1.87 bits per heavy atom. The number of nitrogens with one attached hydrogen (secondary N) is 1. The van der Waals surface area contributed by atoms with Crippen molar-refractivity contribution in [3.05, 3.63) is 70.0 Å². The molecule has 0 unspecified atom stereocenters. The lowest BCUT2D eigenvalue weighted by Gasteiger charge is -2.16. The van der Waals surface area contributed by atoms with Crippen molar-refractivity contribution in [1.29, 1.82) is 0 Å². The maximum absolute atomic E-state index is 12.3. The Bertz CT molecular complexity index is 911. The molecule has 0 aliphatic carbocycles. The molecule has 0 radical (unpaired) electrons. The van der Waals surface area contributed by atoms with E-state index in [1.807, 2.05) is 56.3 Å². The van der Waals surface area contributed by atoms with Crippen LogP contribution in [0.15, 0.2) is 53.3 Å². The van der Waals surface area contributed by atoms with Gasteiger partial charge in [-0.05, 0) is 37.1 Å². The van der Waals surface area contributed by atoms with Crippen LogP contribution in [0.4, 0.5) is 0 Å². The average Bonchev–Trinajstić information content (AvgIpc) is 2.84. The van der Waals surface area contributed by atoms with Gasteiger partial charge in [-0.15, -0.1) is 0 Å². The van der Waals surface area contributed by atoms with E-state index < -0.39 is 0 Å². The molecule has 3 rings (SSSR count). The lowest BCUT2D eigenvalue weighted by molar-refractivity contribution is -0.122. The van der Waals surface area contributed by atoms with Gasteiger partial charge in [-0.1, -0.05) is 47.9 Å². The number of carbonyl (C=O) groups excluding carboxylic acids is 1. The summed E-state index contributed by atoms with van der Waals surface area (Å²) in [6.07, 6.45) is 0. The smallest absolute Gasteiger partial charge is 0.268 e. The quantitative estimate of drug-likeness (QED) is 0.800. The predicted molar refractivity (Wildman–Crippen MR) is 93.8 cm³/mol. The van der Waals surface area contributed by atoms with Gasteiger partial charge in [0.2, 0.25) is 5.91 Å². The van der Waals surface area contributed by atoms with E-state index in [4.69, 9.17) is 0 Å². The van der Waals surface area contributed by atoms with Crippen molar-refractivity contribution >= 4 is 27.5 Å². The van der Waals surface area contributed by atoms with Crippen molar-refractivity contribution < 1.29 is 4.79 Å². The summed E-state index contributed by atoms with van der Waals surface area (Å²) < 4.78 is 2.40. The molecule has 0 aliphatic rings. The molecule has 0 bridgehead atoms. The number of hydrogen-bond donors (Lipinski definition) is 1. The SMILES string of the molecule is Cc1ccccc1[C@@H](C)NC(=O)Cn1sc2ccccc2c1=O. The van der Waals surface area contributed by atoms with E-state index in [9.17, 15) is 9.59 Å². The highest BCUT2D eigenvalue weighted by Gasteiger charge is 2.14. The van der Waals surface area contributed by atoms with Crippen molar-refractivity contribution in [2.75, 3.05) is 0 Å². The van der Waals surface area contributed by atoms with Crippen molar-refractivity contribution in [3.63, 3.8) is 0 Å². The number of aromatic nitrogens is 1. The highest BCUT2D eigenvalue weighted by atomic mass is 32.1. The van der Waals surface area contributed by atoms with Crippen LogP contribution in [0.2, 0.25) is 0 Å². The first kappa shape index (κ1) is 15.5. The lowest BCUT2D eigenvalue weighted by Crippen LogP contribution is -2.32. The number of rotatable bonds is 4. The molecule has 1 aromatic heterocycles. The number of aryl methyl sites for hydroxylation is 1. The number of benzene rings is 2. The molecule has 0 saturated heterocycles. The maximum atomic E-state index is 12.3. The highest BCUT2D eigenvalue weighted by molar-refractivity contribution is 7.13. The standard InChI is InChI=1S/C18H18N2O2S/c1-12-7-3-4-8-14(12)13(2)19-17(21)11-20-18(22)15-9-5-6-10-16(15)23-20/h3-10,13H,11H2,1-2H3,(H,19,21)/t13-/m1/s1. The van der Waals surface area contributed by atoms with Gasteiger partial charge in [0.05, 0.1) is 16.1 Å². The Morgan fingerprint density at radius 1 is 1.17 bits per heavy atom. The van der Waals surface area contributed by atoms with E-state index >= 15 is 0 Å². The molecule has 5 heteroatoms. The van der Waals surface area contributed by atoms with Crippen molar-refractivity contribution in [1.82, 2.24) is 9.27 Å². The molecule has 1 heterocycles.